The number of rotatable bonds is 4. The van der Waals surface area contributed by atoms with Gasteiger partial charge in [-0.15, -0.1) is 0 Å². The van der Waals surface area contributed by atoms with Crippen molar-refractivity contribution in [2.24, 2.45) is 0 Å². The molecule has 0 atom stereocenters. The lowest BCUT2D eigenvalue weighted by molar-refractivity contribution is 0.181. The molecule has 0 unspecified atom stereocenters. The van der Waals surface area contributed by atoms with E-state index in [0.717, 1.165) is 26.5 Å². The Bertz CT molecular complexity index is 629. The number of aromatic nitrogens is 2. The fourth-order valence-corrected chi connectivity index (χ4v) is 2.57. The van der Waals surface area contributed by atoms with Crippen LogP contribution in [-0.4, -0.2) is 24.1 Å². The first-order valence-electron chi connectivity index (χ1n) is 6.37. The highest BCUT2D eigenvalue weighted by Crippen LogP contribution is 2.25. The van der Waals surface area contributed by atoms with Crippen LogP contribution >= 0.6 is 22.6 Å². The molecule has 2 aromatic rings. The van der Waals surface area contributed by atoms with Gasteiger partial charge in [-0.25, -0.2) is 9.97 Å². The van der Waals surface area contributed by atoms with Crippen molar-refractivity contribution in [3.63, 3.8) is 0 Å². The quantitative estimate of drug-likeness (QED) is 0.821. The molecule has 0 spiro atoms. The van der Waals surface area contributed by atoms with Crippen LogP contribution in [0.5, 0.6) is 0 Å². The third kappa shape index (κ3) is 3.09. The highest BCUT2D eigenvalue weighted by molar-refractivity contribution is 14.1. The maximum Gasteiger partial charge on any atom is 0.161 e. The minimum Gasteiger partial charge on any atom is -0.378 e. The van der Waals surface area contributed by atoms with Crippen molar-refractivity contribution in [2.75, 3.05) is 19.5 Å². The summed E-state index contributed by atoms with van der Waals surface area (Å²) in [5.41, 5.74) is 4.44. The maximum atomic E-state index is 5.22. The second-order valence-electron chi connectivity index (χ2n) is 4.64. The summed E-state index contributed by atoms with van der Waals surface area (Å²) >= 11 is 2.24. The van der Waals surface area contributed by atoms with Crippen LogP contribution in [-0.2, 0) is 11.3 Å². The van der Waals surface area contributed by atoms with Gasteiger partial charge >= 0.3 is 0 Å². The molecule has 0 saturated carbocycles. The second-order valence-corrected chi connectivity index (χ2v) is 5.72. The zero-order valence-electron chi connectivity index (χ0n) is 12.1. The molecule has 0 aliphatic carbocycles. The molecule has 0 aliphatic heterocycles. The number of anilines is 1. The Morgan fingerprint density at radius 1 is 1.20 bits per heavy atom. The van der Waals surface area contributed by atoms with Gasteiger partial charge in [-0.3, -0.25) is 0 Å². The first-order chi connectivity index (χ1) is 9.56. The zero-order valence-corrected chi connectivity index (χ0v) is 14.3. The van der Waals surface area contributed by atoms with Gasteiger partial charge < -0.3 is 10.1 Å². The van der Waals surface area contributed by atoms with Gasteiger partial charge in [0.1, 0.15) is 5.82 Å². The summed E-state index contributed by atoms with van der Waals surface area (Å²) < 4.78 is 6.22. The molecule has 106 valence electrons. The molecule has 2 rings (SSSR count). The van der Waals surface area contributed by atoms with E-state index >= 15 is 0 Å². The molecule has 0 radical (unpaired) electrons. The lowest BCUT2D eigenvalue weighted by Gasteiger charge is -2.11. The monoisotopic (exact) mass is 383 g/mol. The molecular formula is C15H18IN3O. The normalized spacial score (nSPS) is 10.7. The van der Waals surface area contributed by atoms with Crippen molar-refractivity contribution in [3.8, 4) is 11.4 Å². The molecule has 1 aromatic heterocycles. The van der Waals surface area contributed by atoms with E-state index in [1.54, 1.807) is 7.11 Å². The topological polar surface area (TPSA) is 47.0 Å². The molecule has 0 aliphatic rings. The number of hydrogen-bond acceptors (Lipinski definition) is 4. The summed E-state index contributed by atoms with van der Waals surface area (Å²) in [6.07, 6.45) is 0. The van der Waals surface area contributed by atoms with Crippen molar-refractivity contribution in [1.82, 2.24) is 9.97 Å². The number of hydrogen-bond donors (Lipinski definition) is 1. The Kier molecular flexibility index (Phi) is 4.93. The van der Waals surface area contributed by atoms with E-state index in [2.05, 4.69) is 69.9 Å². The standard InChI is InChI=1S/C15H18IN3O/c1-9-5-6-11(7-10(9)2)14-18-12(8-20-4)13(16)15(17-3)19-14/h5-7H,8H2,1-4H3,(H,17,18,19). The molecule has 0 fully saturated rings. The molecule has 1 aromatic carbocycles. The predicted octanol–water partition coefficient (Wildman–Crippen LogP) is 3.55. The van der Waals surface area contributed by atoms with E-state index < -0.39 is 0 Å². The molecule has 1 N–H and O–H groups in total. The molecule has 0 amide bonds. The molecule has 4 nitrogen and oxygen atoms in total. The van der Waals surface area contributed by atoms with Crippen LogP contribution in [0.1, 0.15) is 16.8 Å². The summed E-state index contributed by atoms with van der Waals surface area (Å²) in [6.45, 7) is 4.68. The number of ether oxygens (including phenoxy) is 1. The van der Waals surface area contributed by atoms with Gasteiger partial charge in [0.25, 0.3) is 0 Å². The van der Waals surface area contributed by atoms with Crippen molar-refractivity contribution < 1.29 is 4.74 Å². The summed E-state index contributed by atoms with van der Waals surface area (Å²) in [5, 5.41) is 3.12. The smallest absolute Gasteiger partial charge is 0.161 e. The summed E-state index contributed by atoms with van der Waals surface area (Å²) in [6, 6.07) is 6.27. The van der Waals surface area contributed by atoms with E-state index in [4.69, 9.17) is 4.74 Å². The SMILES string of the molecule is CNc1nc(-c2ccc(C)c(C)c2)nc(COC)c1I. The number of aryl methyl sites for hydroxylation is 2. The Morgan fingerprint density at radius 3 is 2.55 bits per heavy atom. The lowest BCUT2D eigenvalue weighted by Crippen LogP contribution is -2.06. The Hall–Kier alpha value is -1.21. The molecule has 5 heteroatoms. The fourth-order valence-electron chi connectivity index (χ4n) is 1.90. The van der Waals surface area contributed by atoms with Crippen LogP contribution in [0.15, 0.2) is 18.2 Å². The van der Waals surface area contributed by atoms with Gasteiger partial charge in [0, 0.05) is 19.7 Å². The molecular weight excluding hydrogens is 365 g/mol. The fraction of sp³-hybridized carbons (Fsp3) is 0.333. The first-order valence-corrected chi connectivity index (χ1v) is 7.45. The van der Waals surface area contributed by atoms with E-state index in [-0.39, 0.29) is 0 Å². The van der Waals surface area contributed by atoms with E-state index in [1.807, 2.05) is 7.05 Å². The van der Waals surface area contributed by atoms with Crippen LogP contribution in [0.4, 0.5) is 5.82 Å². The number of halogens is 1. The van der Waals surface area contributed by atoms with Crippen LogP contribution in [0.3, 0.4) is 0 Å². The average Bonchev–Trinajstić information content (AvgIpc) is 2.44. The molecule has 0 saturated heterocycles. The number of nitrogens with one attached hydrogen (secondary N) is 1. The summed E-state index contributed by atoms with van der Waals surface area (Å²) in [4.78, 5) is 9.22. The van der Waals surface area contributed by atoms with Crippen LogP contribution in [0, 0.1) is 17.4 Å². The first kappa shape index (κ1) is 15.2. The number of nitrogens with zero attached hydrogens (tertiary/aromatic N) is 2. The van der Waals surface area contributed by atoms with Gasteiger partial charge in [-0.2, -0.15) is 0 Å². The highest BCUT2D eigenvalue weighted by atomic mass is 127. The van der Waals surface area contributed by atoms with Crippen molar-refractivity contribution in [3.05, 3.63) is 38.6 Å². The minimum atomic E-state index is 0.479. The molecule has 1 heterocycles. The van der Waals surface area contributed by atoms with Gasteiger partial charge in [0.15, 0.2) is 5.82 Å². The highest BCUT2D eigenvalue weighted by Gasteiger charge is 2.12. The van der Waals surface area contributed by atoms with Gasteiger partial charge in [-0.05, 0) is 53.6 Å². The van der Waals surface area contributed by atoms with E-state index in [1.165, 1.54) is 11.1 Å². The van der Waals surface area contributed by atoms with Crippen molar-refractivity contribution in [2.45, 2.75) is 20.5 Å². The van der Waals surface area contributed by atoms with Crippen molar-refractivity contribution in [1.29, 1.82) is 0 Å². The maximum absolute atomic E-state index is 5.22. The average molecular weight is 383 g/mol. The van der Waals surface area contributed by atoms with Crippen LogP contribution in [0.25, 0.3) is 11.4 Å². The van der Waals surface area contributed by atoms with E-state index in [9.17, 15) is 0 Å². The predicted molar refractivity (Wildman–Crippen MR) is 89.9 cm³/mol. The zero-order chi connectivity index (χ0) is 14.7. The van der Waals surface area contributed by atoms with Crippen LogP contribution in [0.2, 0.25) is 0 Å². The lowest BCUT2D eigenvalue weighted by atomic mass is 10.1. The largest absolute Gasteiger partial charge is 0.378 e. The third-order valence-electron chi connectivity index (χ3n) is 3.20. The number of methoxy groups -OCH3 is 1. The Morgan fingerprint density at radius 2 is 1.95 bits per heavy atom. The Balaban J connectivity index is 2.55. The van der Waals surface area contributed by atoms with E-state index in [0.29, 0.717) is 6.61 Å². The summed E-state index contributed by atoms with van der Waals surface area (Å²) in [5.74, 6) is 1.56. The molecule has 20 heavy (non-hydrogen) atoms. The summed E-state index contributed by atoms with van der Waals surface area (Å²) in [7, 11) is 3.54. The van der Waals surface area contributed by atoms with Gasteiger partial charge in [0.2, 0.25) is 0 Å². The third-order valence-corrected chi connectivity index (χ3v) is 4.34. The Labute approximate surface area is 133 Å². The van der Waals surface area contributed by atoms with Crippen LogP contribution < -0.4 is 5.32 Å². The van der Waals surface area contributed by atoms with Crippen molar-refractivity contribution >= 4 is 28.4 Å². The van der Waals surface area contributed by atoms with Gasteiger partial charge in [0.05, 0.1) is 15.9 Å². The van der Waals surface area contributed by atoms with Gasteiger partial charge in [-0.1, -0.05) is 12.1 Å². The minimum absolute atomic E-state index is 0.479. The number of benzene rings is 1. The second kappa shape index (κ2) is 6.49. The molecule has 0 bridgehead atoms.